The van der Waals surface area contributed by atoms with Crippen LogP contribution < -0.4 is 0 Å². The van der Waals surface area contributed by atoms with Crippen LogP contribution in [0.15, 0.2) is 39.4 Å². The van der Waals surface area contributed by atoms with Gasteiger partial charge in [-0.2, -0.15) is 0 Å². The maximum Gasteiger partial charge on any atom is 0.270 e. The highest BCUT2D eigenvalue weighted by molar-refractivity contribution is 7.80. The van der Waals surface area contributed by atoms with Gasteiger partial charge in [0.15, 0.2) is 11.5 Å². The molecule has 1 aromatic heterocycles. The molecule has 7 heteroatoms. The van der Waals surface area contributed by atoms with Gasteiger partial charge in [0.2, 0.25) is 5.89 Å². The summed E-state index contributed by atoms with van der Waals surface area (Å²) in [6.07, 6.45) is 4.12. The van der Waals surface area contributed by atoms with E-state index < -0.39 is 0 Å². The third-order valence-corrected chi connectivity index (χ3v) is 3.89. The molecule has 1 N–H and O–H groups in total. The Kier molecular flexibility index (Phi) is 7.15. The molecule has 1 atom stereocenters. The Morgan fingerprint density at radius 1 is 1.35 bits per heavy atom. The fourth-order valence-corrected chi connectivity index (χ4v) is 2.41. The van der Waals surface area contributed by atoms with Crippen LogP contribution in [0.2, 0.25) is 0 Å². The number of hydrogen-bond acceptors (Lipinski definition) is 6. The van der Waals surface area contributed by atoms with Crippen molar-refractivity contribution >= 4 is 29.0 Å². The first-order valence-electron chi connectivity index (χ1n) is 8.46. The number of hydrogen-bond donors (Lipinski definition) is 1. The van der Waals surface area contributed by atoms with E-state index in [1.165, 1.54) is 12.1 Å². The quantitative estimate of drug-likeness (QED) is 0.307. The number of halogens is 1. The lowest BCUT2D eigenvalue weighted by atomic mass is 10.1. The summed E-state index contributed by atoms with van der Waals surface area (Å²) >= 11 is 5.04. The number of aliphatic imine (C=N–C) groups is 1. The predicted octanol–water partition coefficient (Wildman–Crippen LogP) is 4.92. The van der Waals surface area contributed by atoms with Gasteiger partial charge in [0.25, 0.3) is 5.89 Å². The topological polar surface area (TPSA) is 71.5 Å². The standard InChI is InChI=1S/C19H22FN3O2S/c1-4-5-12(2)11-21-17(18(24)13(3)26)19-23-22-16(25-19)10-14-6-8-15(20)9-7-14/h6-9,11-12,24H,4-5,10H2,1-3H3/b18-17+,21-11?/t12-/m1/s1. The second kappa shape index (κ2) is 9.33. The van der Waals surface area contributed by atoms with E-state index in [4.69, 9.17) is 16.6 Å². The zero-order chi connectivity index (χ0) is 19.1. The number of benzene rings is 1. The van der Waals surface area contributed by atoms with Crippen LogP contribution in [-0.4, -0.2) is 26.4 Å². The average molecular weight is 375 g/mol. The Hall–Kier alpha value is -2.41. The van der Waals surface area contributed by atoms with Gasteiger partial charge in [0, 0.05) is 6.21 Å². The minimum absolute atomic E-state index is 0.101. The van der Waals surface area contributed by atoms with Crippen LogP contribution >= 0.6 is 12.2 Å². The first kappa shape index (κ1) is 19.9. The second-order valence-corrected chi connectivity index (χ2v) is 6.71. The van der Waals surface area contributed by atoms with Crippen LogP contribution in [0, 0.1) is 11.7 Å². The maximum absolute atomic E-state index is 13.0. The predicted molar refractivity (Wildman–Crippen MR) is 104 cm³/mol. The third-order valence-electron chi connectivity index (χ3n) is 3.70. The van der Waals surface area contributed by atoms with Gasteiger partial charge in [-0.25, -0.2) is 4.39 Å². The van der Waals surface area contributed by atoms with Crippen molar-refractivity contribution in [1.29, 1.82) is 0 Å². The molecule has 0 radical (unpaired) electrons. The summed E-state index contributed by atoms with van der Waals surface area (Å²) in [6, 6.07) is 6.05. The molecule has 0 bridgehead atoms. The molecule has 5 nitrogen and oxygen atoms in total. The molecule has 0 spiro atoms. The van der Waals surface area contributed by atoms with Crippen molar-refractivity contribution in [2.45, 2.75) is 40.0 Å². The Bertz CT molecular complexity index is 812. The first-order chi connectivity index (χ1) is 12.4. The van der Waals surface area contributed by atoms with E-state index in [9.17, 15) is 9.50 Å². The van der Waals surface area contributed by atoms with Crippen molar-refractivity contribution in [2.75, 3.05) is 0 Å². The zero-order valence-electron chi connectivity index (χ0n) is 15.1. The first-order valence-corrected chi connectivity index (χ1v) is 8.87. The van der Waals surface area contributed by atoms with Crippen molar-refractivity contribution in [3.05, 3.63) is 53.2 Å². The van der Waals surface area contributed by atoms with Crippen LogP contribution in [0.5, 0.6) is 0 Å². The molecule has 0 aliphatic rings. The largest absolute Gasteiger partial charge is 0.504 e. The molecule has 2 aromatic rings. The molecule has 0 amide bonds. The highest BCUT2D eigenvalue weighted by Gasteiger charge is 2.17. The smallest absolute Gasteiger partial charge is 0.270 e. The van der Waals surface area contributed by atoms with Gasteiger partial charge >= 0.3 is 0 Å². The monoisotopic (exact) mass is 375 g/mol. The van der Waals surface area contributed by atoms with E-state index in [-0.39, 0.29) is 29.1 Å². The fraction of sp³-hybridized carbons (Fsp3) is 0.368. The Morgan fingerprint density at radius 3 is 2.65 bits per heavy atom. The van der Waals surface area contributed by atoms with Gasteiger partial charge < -0.3 is 9.52 Å². The normalized spacial score (nSPS) is 13.7. The molecule has 0 aliphatic heterocycles. The van der Waals surface area contributed by atoms with Gasteiger partial charge in [-0.3, -0.25) is 4.99 Å². The highest BCUT2D eigenvalue weighted by Crippen LogP contribution is 2.21. The van der Waals surface area contributed by atoms with Crippen LogP contribution in [-0.2, 0) is 6.42 Å². The summed E-state index contributed by atoms with van der Waals surface area (Å²) in [5.74, 6) is 0.230. The van der Waals surface area contributed by atoms with E-state index in [1.807, 2.05) is 6.92 Å². The van der Waals surface area contributed by atoms with E-state index >= 15 is 0 Å². The van der Waals surface area contributed by atoms with E-state index in [2.05, 4.69) is 22.1 Å². The minimum Gasteiger partial charge on any atom is -0.504 e. The van der Waals surface area contributed by atoms with Gasteiger partial charge in [-0.05, 0) is 37.0 Å². The molecule has 0 unspecified atom stereocenters. The number of thiocarbonyl (C=S) groups is 1. The maximum atomic E-state index is 13.0. The van der Waals surface area contributed by atoms with Gasteiger partial charge in [0.05, 0.1) is 11.3 Å². The molecule has 1 aromatic carbocycles. The van der Waals surface area contributed by atoms with Crippen LogP contribution in [0.25, 0.3) is 5.70 Å². The second-order valence-electron chi connectivity index (χ2n) is 6.10. The van der Waals surface area contributed by atoms with Gasteiger partial charge in [-0.1, -0.05) is 44.6 Å². The molecule has 138 valence electrons. The number of aliphatic hydroxyl groups excluding tert-OH is 1. The molecule has 1 heterocycles. The summed E-state index contributed by atoms with van der Waals surface area (Å²) in [7, 11) is 0. The summed E-state index contributed by atoms with van der Waals surface area (Å²) in [6.45, 7) is 5.74. The van der Waals surface area contributed by atoms with Crippen molar-refractivity contribution in [3.8, 4) is 0 Å². The lowest BCUT2D eigenvalue weighted by molar-refractivity contribution is 0.439. The number of rotatable bonds is 8. The molecule has 26 heavy (non-hydrogen) atoms. The molecule has 0 saturated heterocycles. The molecule has 0 saturated carbocycles. The van der Waals surface area contributed by atoms with Crippen LogP contribution in [0.4, 0.5) is 4.39 Å². The van der Waals surface area contributed by atoms with Crippen molar-refractivity contribution in [3.63, 3.8) is 0 Å². The highest BCUT2D eigenvalue weighted by atomic mass is 32.1. The Morgan fingerprint density at radius 2 is 2.04 bits per heavy atom. The summed E-state index contributed by atoms with van der Waals surface area (Å²) in [4.78, 5) is 4.63. The van der Waals surface area contributed by atoms with Crippen LogP contribution in [0.3, 0.4) is 0 Å². The summed E-state index contributed by atoms with van der Waals surface area (Å²) < 4.78 is 18.6. The number of aromatic nitrogens is 2. The Balaban J connectivity index is 2.26. The number of nitrogens with zero attached hydrogens (tertiary/aromatic N) is 3. The zero-order valence-corrected chi connectivity index (χ0v) is 15.9. The van der Waals surface area contributed by atoms with Crippen molar-refractivity contribution in [1.82, 2.24) is 10.2 Å². The van der Waals surface area contributed by atoms with E-state index in [1.54, 1.807) is 25.3 Å². The average Bonchev–Trinajstić information content (AvgIpc) is 3.05. The van der Waals surface area contributed by atoms with Crippen LogP contribution in [0.1, 0.15) is 51.0 Å². The van der Waals surface area contributed by atoms with Crippen molar-refractivity contribution < 1.29 is 13.9 Å². The Labute approximate surface area is 157 Å². The van der Waals surface area contributed by atoms with E-state index in [0.717, 1.165) is 18.4 Å². The van der Waals surface area contributed by atoms with Crippen molar-refractivity contribution in [2.24, 2.45) is 10.9 Å². The van der Waals surface area contributed by atoms with E-state index in [0.29, 0.717) is 17.2 Å². The fourth-order valence-electron chi connectivity index (χ4n) is 2.31. The lowest BCUT2D eigenvalue weighted by Gasteiger charge is -2.04. The molecular weight excluding hydrogens is 353 g/mol. The lowest BCUT2D eigenvalue weighted by Crippen LogP contribution is -2.00. The number of allylic oxidation sites excluding steroid dienone is 1. The SMILES string of the molecule is CCC[C@@H](C)C=N/C(=C(/O)C(C)=S)c1nnc(Cc2ccc(F)cc2)o1. The molecule has 2 rings (SSSR count). The number of aliphatic hydroxyl groups is 1. The summed E-state index contributed by atoms with van der Waals surface area (Å²) in [5, 5.41) is 18.2. The molecule has 0 aliphatic carbocycles. The third kappa shape index (κ3) is 5.56. The molecule has 0 fully saturated rings. The minimum atomic E-state index is -0.304. The van der Waals surface area contributed by atoms with Gasteiger partial charge in [-0.15, -0.1) is 10.2 Å². The van der Waals surface area contributed by atoms with Gasteiger partial charge in [0.1, 0.15) is 5.82 Å². The summed E-state index contributed by atoms with van der Waals surface area (Å²) in [5.41, 5.74) is 1.00. The molecular formula is C19H22FN3O2S.